The van der Waals surface area contributed by atoms with Gasteiger partial charge in [-0.05, 0) is 42.5 Å². The van der Waals surface area contributed by atoms with Crippen molar-refractivity contribution < 1.29 is 13.6 Å². The van der Waals surface area contributed by atoms with Crippen molar-refractivity contribution in [2.75, 3.05) is 5.32 Å². The van der Waals surface area contributed by atoms with Crippen LogP contribution in [0.4, 0.5) is 9.52 Å². The second-order valence-electron chi connectivity index (χ2n) is 4.38. The molecular weight excluding hydrogens is 303 g/mol. The molecule has 0 atom stereocenters. The predicted octanol–water partition coefficient (Wildman–Crippen LogP) is 4.19. The third kappa shape index (κ3) is 3.48. The first kappa shape index (κ1) is 14.2. The molecule has 4 nitrogen and oxygen atoms in total. The summed E-state index contributed by atoms with van der Waals surface area (Å²) >= 11 is 1.31. The zero-order chi connectivity index (χ0) is 15.4. The summed E-state index contributed by atoms with van der Waals surface area (Å²) in [5, 5.41) is 4.96. The molecule has 1 aromatic carbocycles. The molecular formula is C16H11FN2O2S. The van der Waals surface area contributed by atoms with Crippen molar-refractivity contribution in [2.24, 2.45) is 0 Å². The van der Waals surface area contributed by atoms with Crippen LogP contribution in [0, 0.1) is 5.82 Å². The molecule has 0 aliphatic heterocycles. The molecule has 1 amide bonds. The molecule has 22 heavy (non-hydrogen) atoms. The fourth-order valence-electron chi connectivity index (χ4n) is 1.78. The van der Waals surface area contributed by atoms with Gasteiger partial charge in [-0.1, -0.05) is 0 Å². The van der Waals surface area contributed by atoms with Crippen LogP contribution in [0.2, 0.25) is 0 Å². The lowest BCUT2D eigenvalue weighted by atomic mass is 10.2. The van der Waals surface area contributed by atoms with Crippen LogP contribution in [0.3, 0.4) is 0 Å². The van der Waals surface area contributed by atoms with Crippen LogP contribution in [-0.4, -0.2) is 10.9 Å². The fourth-order valence-corrected chi connectivity index (χ4v) is 2.50. The second-order valence-corrected chi connectivity index (χ2v) is 5.24. The van der Waals surface area contributed by atoms with E-state index in [1.165, 1.54) is 35.8 Å². The Labute approximate surface area is 129 Å². The Hall–Kier alpha value is -2.73. The van der Waals surface area contributed by atoms with E-state index in [0.29, 0.717) is 16.6 Å². The zero-order valence-corrected chi connectivity index (χ0v) is 12.1. The van der Waals surface area contributed by atoms with Crippen LogP contribution in [0.1, 0.15) is 5.76 Å². The van der Waals surface area contributed by atoms with E-state index in [1.807, 2.05) is 0 Å². The molecule has 0 bridgehead atoms. The van der Waals surface area contributed by atoms with Crippen molar-refractivity contribution in [3.63, 3.8) is 0 Å². The molecule has 0 radical (unpaired) electrons. The zero-order valence-electron chi connectivity index (χ0n) is 11.3. The summed E-state index contributed by atoms with van der Waals surface area (Å²) in [6, 6.07) is 9.53. The van der Waals surface area contributed by atoms with Crippen LogP contribution < -0.4 is 5.32 Å². The molecule has 6 heteroatoms. The molecule has 3 rings (SSSR count). The Balaban J connectivity index is 1.66. The summed E-state index contributed by atoms with van der Waals surface area (Å²) in [5.41, 5.74) is 1.49. The normalized spacial score (nSPS) is 11.0. The summed E-state index contributed by atoms with van der Waals surface area (Å²) in [6.45, 7) is 0. The quantitative estimate of drug-likeness (QED) is 0.734. The Morgan fingerprint density at radius 1 is 1.27 bits per heavy atom. The molecule has 2 aromatic heterocycles. The Morgan fingerprint density at radius 2 is 2.09 bits per heavy atom. The van der Waals surface area contributed by atoms with Gasteiger partial charge in [-0.25, -0.2) is 9.37 Å². The van der Waals surface area contributed by atoms with Crippen molar-refractivity contribution >= 4 is 28.5 Å². The second kappa shape index (κ2) is 6.36. The highest BCUT2D eigenvalue weighted by atomic mass is 32.1. The third-order valence-corrected chi connectivity index (χ3v) is 3.57. The maximum Gasteiger partial charge on any atom is 0.250 e. The molecule has 0 aliphatic rings. The number of hydrogen-bond donors (Lipinski definition) is 1. The van der Waals surface area contributed by atoms with Crippen LogP contribution >= 0.6 is 11.3 Å². The number of halogens is 1. The first-order valence-electron chi connectivity index (χ1n) is 6.45. The van der Waals surface area contributed by atoms with Crippen molar-refractivity contribution in [1.29, 1.82) is 0 Å². The average Bonchev–Trinajstić information content (AvgIpc) is 3.17. The molecule has 0 saturated heterocycles. The van der Waals surface area contributed by atoms with Crippen molar-refractivity contribution in [2.45, 2.75) is 0 Å². The van der Waals surface area contributed by atoms with E-state index >= 15 is 0 Å². The van der Waals surface area contributed by atoms with Crippen LogP contribution in [0.5, 0.6) is 0 Å². The van der Waals surface area contributed by atoms with Gasteiger partial charge in [0.2, 0.25) is 5.91 Å². The number of furan rings is 1. The first-order valence-corrected chi connectivity index (χ1v) is 7.33. The minimum absolute atomic E-state index is 0.295. The Bertz CT molecular complexity index is 792. The minimum atomic E-state index is -0.296. The highest BCUT2D eigenvalue weighted by Gasteiger charge is 2.06. The van der Waals surface area contributed by atoms with Gasteiger partial charge in [-0.3, -0.25) is 10.1 Å². The standard InChI is InChI=1S/C16H11FN2O2S/c17-12-5-3-11(4-6-12)14-10-22-16(18-14)19-15(20)8-7-13-2-1-9-21-13/h1-10H,(H,18,19,20). The average molecular weight is 314 g/mol. The summed E-state index contributed by atoms with van der Waals surface area (Å²) in [5.74, 6) is 0.00765. The van der Waals surface area contributed by atoms with Gasteiger partial charge in [-0.2, -0.15) is 0 Å². The van der Waals surface area contributed by atoms with Gasteiger partial charge < -0.3 is 4.42 Å². The number of thiazole rings is 1. The number of carbonyl (C=O) groups is 1. The number of carbonyl (C=O) groups excluding carboxylic acids is 1. The van der Waals surface area contributed by atoms with Crippen molar-refractivity contribution in [1.82, 2.24) is 4.98 Å². The van der Waals surface area contributed by atoms with Gasteiger partial charge in [0.25, 0.3) is 0 Å². The lowest BCUT2D eigenvalue weighted by Crippen LogP contribution is -2.07. The maximum absolute atomic E-state index is 12.9. The third-order valence-electron chi connectivity index (χ3n) is 2.82. The molecule has 0 spiro atoms. The van der Waals surface area contributed by atoms with E-state index in [2.05, 4.69) is 10.3 Å². The molecule has 3 aromatic rings. The van der Waals surface area contributed by atoms with E-state index in [0.717, 1.165) is 5.56 Å². The van der Waals surface area contributed by atoms with E-state index < -0.39 is 0 Å². The Kier molecular flexibility index (Phi) is 4.11. The highest BCUT2D eigenvalue weighted by molar-refractivity contribution is 7.14. The minimum Gasteiger partial charge on any atom is -0.465 e. The number of nitrogens with one attached hydrogen (secondary N) is 1. The molecule has 110 valence electrons. The van der Waals surface area contributed by atoms with Gasteiger partial charge in [0.1, 0.15) is 11.6 Å². The molecule has 0 fully saturated rings. The summed E-state index contributed by atoms with van der Waals surface area (Å²) in [4.78, 5) is 16.1. The number of nitrogens with zero attached hydrogens (tertiary/aromatic N) is 1. The summed E-state index contributed by atoms with van der Waals surface area (Å²) in [7, 11) is 0. The van der Waals surface area contributed by atoms with E-state index in [4.69, 9.17) is 4.42 Å². The largest absolute Gasteiger partial charge is 0.465 e. The van der Waals surface area contributed by atoms with Crippen molar-refractivity contribution in [3.05, 3.63) is 65.7 Å². The molecule has 0 unspecified atom stereocenters. The van der Waals surface area contributed by atoms with E-state index in [1.54, 1.807) is 35.7 Å². The number of anilines is 1. The topological polar surface area (TPSA) is 55.1 Å². The predicted molar refractivity (Wildman–Crippen MR) is 83.9 cm³/mol. The number of hydrogen-bond acceptors (Lipinski definition) is 4. The Morgan fingerprint density at radius 3 is 2.82 bits per heavy atom. The monoisotopic (exact) mass is 314 g/mol. The number of benzene rings is 1. The number of aromatic nitrogens is 1. The maximum atomic E-state index is 12.9. The van der Waals surface area contributed by atoms with Crippen LogP contribution in [0.25, 0.3) is 17.3 Å². The number of rotatable bonds is 4. The summed E-state index contributed by atoms with van der Waals surface area (Å²) in [6.07, 6.45) is 4.48. The van der Waals surface area contributed by atoms with Gasteiger partial charge in [-0.15, -0.1) is 11.3 Å². The van der Waals surface area contributed by atoms with Crippen LogP contribution in [-0.2, 0) is 4.79 Å². The fraction of sp³-hybridized carbons (Fsp3) is 0. The molecule has 2 heterocycles. The lowest BCUT2D eigenvalue weighted by molar-refractivity contribution is -0.111. The van der Waals surface area contributed by atoms with Gasteiger partial charge in [0, 0.05) is 17.0 Å². The van der Waals surface area contributed by atoms with Crippen molar-refractivity contribution in [3.8, 4) is 11.3 Å². The van der Waals surface area contributed by atoms with E-state index in [-0.39, 0.29) is 11.7 Å². The van der Waals surface area contributed by atoms with Gasteiger partial charge >= 0.3 is 0 Å². The van der Waals surface area contributed by atoms with E-state index in [9.17, 15) is 9.18 Å². The molecule has 0 aliphatic carbocycles. The lowest BCUT2D eigenvalue weighted by Gasteiger charge is -1.97. The number of amides is 1. The SMILES string of the molecule is O=C(C=Cc1ccco1)Nc1nc(-c2ccc(F)cc2)cs1. The molecule has 0 saturated carbocycles. The highest BCUT2D eigenvalue weighted by Crippen LogP contribution is 2.25. The van der Waals surface area contributed by atoms with Crippen LogP contribution in [0.15, 0.2) is 58.5 Å². The smallest absolute Gasteiger partial charge is 0.250 e. The summed E-state index contributed by atoms with van der Waals surface area (Å²) < 4.78 is 18.0. The first-order chi connectivity index (χ1) is 10.7. The van der Waals surface area contributed by atoms with Gasteiger partial charge in [0.15, 0.2) is 5.13 Å². The molecule has 1 N–H and O–H groups in total. The van der Waals surface area contributed by atoms with Gasteiger partial charge in [0.05, 0.1) is 12.0 Å².